The Morgan fingerprint density at radius 3 is 2.72 bits per heavy atom. The van der Waals surface area contributed by atoms with E-state index in [2.05, 4.69) is 23.3 Å². The van der Waals surface area contributed by atoms with Crippen LogP contribution in [0, 0.1) is 0 Å². The van der Waals surface area contributed by atoms with Gasteiger partial charge in [0.25, 0.3) is 0 Å². The van der Waals surface area contributed by atoms with Crippen molar-refractivity contribution in [3.05, 3.63) is 72.1 Å². The van der Waals surface area contributed by atoms with Crippen molar-refractivity contribution in [2.24, 2.45) is 0 Å². The highest BCUT2D eigenvalue weighted by Gasteiger charge is 2.10. The first-order valence-electron chi connectivity index (χ1n) is 11.4. The summed E-state index contributed by atoms with van der Waals surface area (Å²) in [5.74, 6) is 1.45. The van der Waals surface area contributed by atoms with Crippen LogP contribution in [0.5, 0.6) is 11.5 Å². The second-order valence-corrected chi connectivity index (χ2v) is 7.88. The summed E-state index contributed by atoms with van der Waals surface area (Å²) in [6.07, 6.45) is 15.1. The zero-order chi connectivity index (χ0) is 23.2. The van der Waals surface area contributed by atoms with Crippen molar-refractivity contribution in [3.8, 4) is 11.5 Å². The lowest BCUT2D eigenvalue weighted by atomic mass is 9.98. The van der Waals surface area contributed by atoms with Gasteiger partial charge in [0.2, 0.25) is 5.91 Å². The number of carbonyl (C=O) groups is 1. The fourth-order valence-electron chi connectivity index (χ4n) is 3.51. The zero-order valence-corrected chi connectivity index (χ0v) is 19.8. The third kappa shape index (κ3) is 8.58. The maximum atomic E-state index is 12.3. The number of ether oxygens (including phenoxy) is 2. The van der Waals surface area contributed by atoms with E-state index in [1.165, 1.54) is 5.56 Å². The average molecular weight is 437 g/mol. The summed E-state index contributed by atoms with van der Waals surface area (Å²) in [6.45, 7) is 4.21. The first-order valence-corrected chi connectivity index (χ1v) is 11.4. The van der Waals surface area contributed by atoms with Gasteiger partial charge in [-0.1, -0.05) is 31.6 Å². The lowest BCUT2D eigenvalue weighted by molar-refractivity contribution is -0.117. The number of aryl methyl sites for hydroxylation is 1. The number of carbonyl (C=O) groups excluding carboxylic acids is 1. The fraction of sp³-hybridized carbons (Fsp3) is 0.407. The minimum atomic E-state index is -0.0772. The molecule has 1 N–H and O–H groups in total. The van der Waals surface area contributed by atoms with Crippen molar-refractivity contribution < 1.29 is 14.3 Å². The molecular formula is C27H36N2O3. The fourth-order valence-corrected chi connectivity index (χ4v) is 3.51. The number of benzene rings is 1. The minimum Gasteiger partial charge on any atom is -0.497 e. The number of methoxy groups -OCH3 is 2. The van der Waals surface area contributed by atoms with E-state index in [0.29, 0.717) is 0 Å². The monoisotopic (exact) mass is 436 g/mol. The average Bonchev–Trinajstić information content (AvgIpc) is 2.81. The van der Waals surface area contributed by atoms with E-state index in [4.69, 9.17) is 9.47 Å². The van der Waals surface area contributed by atoms with Gasteiger partial charge in [-0.05, 0) is 68.4 Å². The standard InChI is InChI=1S/C27H36N2O3/c1-5-6-13-23(25-17-16-24(31-3)19-26(25)32-4)14-8-15-27(30)29-21(2)10-7-11-22-12-9-18-28-20-22/h8-9,12,14-21H,5-7,10-11,13H2,1-4H3,(H,29,30)/t21-/m1/s1. The maximum Gasteiger partial charge on any atom is 0.244 e. The van der Waals surface area contributed by atoms with Gasteiger partial charge < -0.3 is 14.8 Å². The molecule has 1 heterocycles. The number of nitrogens with zero attached hydrogens (tertiary/aromatic N) is 1. The molecule has 0 unspecified atom stereocenters. The molecule has 0 fully saturated rings. The molecule has 0 saturated carbocycles. The van der Waals surface area contributed by atoms with Gasteiger partial charge >= 0.3 is 0 Å². The summed E-state index contributed by atoms with van der Waals surface area (Å²) in [4.78, 5) is 16.5. The van der Waals surface area contributed by atoms with Crippen LogP contribution >= 0.6 is 0 Å². The SMILES string of the molecule is CCCCC(=CC=CC(=O)N[C@H](C)CCCc1cccnc1)c1ccc(OC)cc1OC. The second kappa shape index (κ2) is 14.1. The van der Waals surface area contributed by atoms with Crippen molar-refractivity contribution in [1.29, 1.82) is 0 Å². The van der Waals surface area contributed by atoms with Crippen LogP contribution in [0.25, 0.3) is 5.57 Å². The minimum absolute atomic E-state index is 0.0772. The van der Waals surface area contributed by atoms with Gasteiger partial charge in [-0.25, -0.2) is 0 Å². The Bertz CT molecular complexity index is 891. The van der Waals surface area contributed by atoms with Gasteiger partial charge in [-0.3, -0.25) is 9.78 Å². The Morgan fingerprint density at radius 1 is 1.19 bits per heavy atom. The Balaban J connectivity index is 1.95. The van der Waals surface area contributed by atoms with Crippen LogP contribution in [-0.2, 0) is 11.2 Å². The Morgan fingerprint density at radius 2 is 2.03 bits per heavy atom. The molecule has 0 saturated heterocycles. The predicted molar refractivity (Wildman–Crippen MR) is 131 cm³/mol. The maximum absolute atomic E-state index is 12.3. The van der Waals surface area contributed by atoms with E-state index in [1.807, 2.05) is 49.5 Å². The van der Waals surface area contributed by atoms with Gasteiger partial charge in [0.15, 0.2) is 0 Å². The number of rotatable bonds is 13. The number of aromatic nitrogens is 1. The van der Waals surface area contributed by atoms with E-state index in [-0.39, 0.29) is 11.9 Å². The number of amides is 1. The number of allylic oxidation sites excluding steroid dienone is 3. The van der Waals surface area contributed by atoms with Crippen molar-refractivity contribution in [2.45, 2.75) is 58.4 Å². The van der Waals surface area contributed by atoms with Crippen LogP contribution in [0.3, 0.4) is 0 Å². The molecule has 5 nitrogen and oxygen atoms in total. The highest BCUT2D eigenvalue weighted by Crippen LogP contribution is 2.32. The zero-order valence-electron chi connectivity index (χ0n) is 19.8. The second-order valence-electron chi connectivity index (χ2n) is 7.88. The number of nitrogens with one attached hydrogen (secondary N) is 1. The molecule has 0 bridgehead atoms. The highest BCUT2D eigenvalue weighted by atomic mass is 16.5. The van der Waals surface area contributed by atoms with Crippen LogP contribution in [0.2, 0.25) is 0 Å². The number of pyridine rings is 1. The van der Waals surface area contributed by atoms with Crippen molar-refractivity contribution in [3.63, 3.8) is 0 Å². The van der Waals surface area contributed by atoms with Gasteiger partial charge in [0.1, 0.15) is 11.5 Å². The highest BCUT2D eigenvalue weighted by molar-refractivity contribution is 5.88. The molecule has 1 atom stereocenters. The third-order valence-corrected chi connectivity index (χ3v) is 5.31. The molecule has 0 aliphatic carbocycles. The van der Waals surface area contributed by atoms with Crippen molar-refractivity contribution >= 4 is 11.5 Å². The molecule has 1 aromatic carbocycles. The molecule has 32 heavy (non-hydrogen) atoms. The van der Waals surface area contributed by atoms with Crippen LogP contribution in [0.1, 0.15) is 57.1 Å². The first-order chi connectivity index (χ1) is 15.6. The van der Waals surface area contributed by atoms with Crippen LogP contribution in [-0.4, -0.2) is 31.2 Å². The summed E-state index contributed by atoms with van der Waals surface area (Å²) in [5, 5.41) is 3.05. The van der Waals surface area contributed by atoms with Gasteiger partial charge in [-0.15, -0.1) is 0 Å². The molecule has 1 amide bonds. The van der Waals surface area contributed by atoms with E-state index in [0.717, 1.165) is 61.2 Å². The topological polar surface area (TPSA) is 60.5 Å². The van der Waals surface area contributed by atoms with Gasteiger partial charge in [-0.2, -0.15) is 0 Å². The smallest absolute Gasteiger partial charge is 0.244 e. The molecule has 2 aromatic rings. The third-order valence-electron chi connectivity index (χ3n) is 5.31. The molecule has 5 heteroatoms. The molecule has 2 rings (SSSR count). The number of unbranched alkanes of at least 4 members (excludes halogenated alkanes) is 1. The largest absolute Gasteiger partial charge is 0.497 e. The molecular weight excluding hydrogens is 400 g/mol. The van der Waals surface area contributed by atoms with Crippen LogP contribution in [0.15, 0.2) is 61.0 Å². The Kier molecular flexibility index (Phi) is 11.1. The number of hydrogen-bond donors (Lipinski definition) is 1. The summed E-state index contributed by atoms with van der Waals surface area (Å²) in [5.41, 5.74) is 3.39. The Labute approximate surface area is 192 Å². The molecule has 1 aromatic heterocycles. The summed E-state index contributed by atoms with van der Waals surface area (Å²) in [6, 6.07) is 9.99. The normalized spacial score (nSPS) is 12.6. The summed E-state index contributed by atoms with van der Waals surface area (Å²) >= 11 is 0. The lowest BCUT2D eigenvalue weighted by Crippen LogP contribution is -2.31. The van der Waals surface area contributed by atoms with Gasteiger partial charge in [0.05, 0.1) is 14.2 Å². The quantitative estimate of drug-likeness (QED) is 0.320. The van der Waals surface area contributed by atoms with Gasteiger partial charge in [0, 0.05) is 36.1 Å². The van der Waals surface area contributed by atoms with Crippen LogP contribution in [0.4, 0.5) is 0 Å². The molecule has 0 radical (unpaired) electrons. The molecule has 0 spiro atoms. The number of hydrogen-bond acceptors (Lipinski definition) is 4. The first kappa shape index (κ1) is 25.2. The van der Waals surface area contributed by atoms with E-state index in [9.17, 15) is 4.79 Å². The Hall–Kier alpha value is -3.08. The summed E-state index contributed by atoms with van der Waals surface area (Å²) in [7, 11) is 3.30. The van der Waals surface area contributed by atoms with E-state index >= 15 is 0 Å². The predicted octanol–water partition coefficient (Wildman–Crippen LogP) is 5.76. The van der Waals surface area contributed by atoms with Crippen molar-refractivity contribution in [2.75, 3.05) is 14.2 Å². The molecule has 0 aliphatic heterocycles. The lowest BCUT2D eigenvalue weighted by Gasteiger charge is -2.13. The summed E-state index contributed by atoms with van der Waals surface area (Å²) < 4.78 is 10.9. The van der Waals surface area contributed by atoms with Crippen molar-refractivity contribution in [1.82, 2.24) is 10.3 Å². The van der Waals surface area contributed by atoms with E-state index < -0.39 is 0 Å². The molecule has 172 valence electrons. The molecule has 0 aliphatic rings. The van der Waals surface area contributed by atoms with Crippen LogP contribution < -0.4 is 14.8 Å². The van der Waals surface area contributed by atoms with E-state index in [1.54, 1.807) is 26.5 Å².